The Morgan fingerprint density at radius 1 is 1.10 bits per heavy atom. The van der Waals surface area contributed by atoms with Gasteiger partial charge in [0.1, 0.15) is 0 Å². The SMILES string of the molecule is C=CCCCCCn1cc(CC(=O)NCCN(CCN)CCN)c2ccccc21. The molecular weight excluding hydrogens is 362 g/mol. The van der Waals surface area contributed by atoms with Gasteiger partial charge in [0.15, 0.2) is 0 Å². The van der Waals surface area contributed by atoms with Crippen molar-refractivity contribution >= 4 is 16.8 Å². The monoisotopic (exact) mass is 399 g/mol. The summed E-state index contributed by atoms with van der Waals surface area (Å²) in [5, 5.41) is 4.21. The standard InChI is InChI=1S/C23H37N5O/c1-2-3-4-5-8-14-28-19-20(21-9-6-7-10-22(21)28)18-23(29)26-13-17-27(15-11-24)16-12-25/h2,6-7,9-10,19H,1,3-5,8,11-18,24-25H2,(H,26,29). The van der Waals surface area contributed by atoms with Crippen molar-refractivity contribution in [1.82, 2.24) is 14.8 Å². The van der Waals surface area contributed by atoms with Crippen LogP contribution in [0.3, 0.4) is 0 Å². The van der Waals surface area contributed by atoms with Crippen LogP contribution in [0.5, 0.6) is 0 Å². The molecule has 0 bridgehead atoms. The fraction of sp³-hybridized carbons (Fsp3) is 0.522. The predicted molar refractivity (Wildman–Crippen MR) is 122 cm³/mol. The Morgan fingerprint density at radius 3 is 2.59 bits per heavy atom. The zero-order chi connectivity index (χ0) is 20.9. The van der Waals surface area contributed by atoms with Crippen molar-refractivity contribution in [1.29, 1.82) is 0 Å². The normalized spacial score (nSPS) is 11.3. The van der Waals surface area contributed by atoms with E-state index in [-0.39, 0.29) is 5.91 Å². The molecule has 0 aliphatic heterocycles. The number of nitrogens with zero attached hydrogens (tertiary/aromatic N) is 2. The first-order valence-corrected chi connectivity index (χ1v) is 10.8. The molecule has 2 rings (SSSR count). The second-order valence-corrected chi connectivity index (χ2v) is 7.45. The minimum Gasteiger partial charge on any atom is -0.355 e. The highest BCUT2D eigenvalue weighted by molar-refractivity contribution is 5.89. The Bertz CT molecular complexity index is 749. The molecule has 0 saturated heterocycles. The minimum absolute atomic E-state index is 0.0549. The highest BCUT2D eigenvalue weighted by Gasteiger charge is 2.12. The number of aromatic nitrogens is 1. The molecule has 0 atom stereocenters. The number of hydrogen-bond acceptors (Lipinski definition) is 4. The number of amides is 1. The highest BCUT2D eigenvalue weighted by Crippen LogP contribution is 2.22. The Morgan fingerprint density at radius 2 is 1.86 bits per heavy atom. The second-order valence-electron chi connectivity index (χ2n) is 7.45. The van der Waals surface area contributed by atoms with Gasteiger partial charge in [-0.1, -0.05) is 30.7 Å². The van der Waals surface area contributed by atoms with E-state index in [0.29, 0.717) is 26.1 Å². The van der Waals surface area contributed by atoms with Crippen LogP contribution in [-0.4, -0.2) is 54.6 Å². The molecular formula is C23H37N5O. The summed E-state index contributed by atoms with van der Waals surface area (Å²) in [6.07, 6.45) is 9.11. The van der Waals surface area contributed by atoms with Crippen LogP contribution in [-0.2, 0) is 17.8 Å². The van der Waals surface area contributed by atoms with Crippen LogP contribution in [0.1, 0.15) is 31.2 Å². The Hall–Kier alpha value is -2.15. The fourth-order valence-electron chi connectivity index (χ4n) is 3.69. The smallest absolute Gasteiger partial charge is 0.224 e. The molecule has 6 heteroatoms. The summed E-state index contributed by atoms with van der Waals surface area (Å²) in [5.74, 6) is 0.0549. The zero-order valence-electron chi connectivity index (χ0n) is 17.6. The number of carbonyl (C=O) groups is 1. The van der Waals surface area contributed by atoms with Gasteiger partial charge in [0, 0.05) is 62.9 Å². The van der Waals surface area contributed by atoms with Crippen LogP contribution in [0.25, 0.3) is 10.9 Å². The fourth-order valence-corrected chi connectivity index (χ4v) is 3.69. The van der Waals surface area contributed by atoms with Crippen molar-refractivity contribution in [2.75, 3.05) is 39.3 Å². The van der Waals surface area contributed by atoms with Gasteiger partial charge in [-0.2, -0.15) is 0 Å². The number of allylic oxidation sites excluding steroid dienone is 1. The third kappa shape index (κ3) is 7.65. The van der Waals surface area contributed by atoms with Gasteiger partial charge in [-0.25, -0.2) is 0 Å². The molecule has 1 heterocycles. The molecule has 1 amide bonds. The lowest BCUT2D eigenvalue weighted by Gasteiger charge is -2.20. The lowest BCUT2D eigenvalue weighted by molar-refractivity contribution is -0.120. The molecule has 0 radical (unpaired) electrons. The van der Waals surface area contributed by atoms with Crippen molar-refractivity contribution in [3.05, 3.63) is 48.7 Å². The molecule has 0 fully saturated rings. The number of fused-ring (bicyclic) bond motifs is 1. The molecule has 0 unspecified atom stereocenters. The van der Waals surface area contributed by atoms with Crippen molar-refractivity contribution in [3.8, 4) is 0 Å². The topological polar surface area (TPSA) is 89.3 Å². The minimum atomic E-state index is 0.0549. The van der Waals surface area contributed by atoms with Gasteiger partial charge in [0.05, 0.1) is 6.42 Å². The first-order valence-electron chi connectivity index (χ1n) is 10.8. The maximum absolute atomic E-state index is 12.5. The van der Waals surface area contributed by atoms with Gasteiger partial charge < -0.3 is 21.4 Å². The maximum atomic E-state index is 12.5. The number of nitrogens with two attached hydrogens (primary N) is 2. The van der Waals surface area contributed by atoms with Crippen LogP contribution >= 0.6 is 0 Å². The molecule has 0 spiro atoms. The molecule has 29 heavy (non-hydrogen) atoms. The zero-order valence-corrected chi connectivity index (χ0v) is 17.6. The van der Waals surface area contributed by atoms with Gasteiger partial charge in [0.25, 0.3) is 0 Å². The van der Waals surface area contributed by atoms with Crippen LogP contribution in [0.2, 0.25) is 0 Å². The molecule has 6 nitrogen and oxygen atoms in total. The summed E-state index contributed by atoms with van der Waals surface area (Å²) in [5.41, 5.74) is 13.6. The summed E-state index contributed by atoms with van der Waals surface area (Å²) in [7, 11) is 0. The number of unbranched alkanes of at least 4 members (excludes halogenated alkanes) is 3. The maximum Gasteiger partial charge on any atom is 0.224 e. The summed E-state index contributed by atoms with van der Waals surface area (Å²) in [4.78, 5) is 14.7. The molecule has 1 aromatic carbocycles. The number of aryl methyl sites for hydroxylation is 1. The number of para-hydroxylation sites is 1. The van der Waals surface area contributed by atoms with E-state index in [9.17, 15) is 4.79 Å². The van der Waals surface area contributed by atoms with Crippen molar-refractivity contribution in [3.63, 3.8) is 0 Å². The number of rotatable bonds is 15. The number of benzene rings is 1. The first-order chi connectivity index (χ1) is 14.2. The van der Waals surface area contributed by atoms with Gasteiger partial charge in [0.2, 0.25) is 5.91 Å². The molecule has 160 valence electrons. The van der Waals surface area contributed by atoms with Gasteiger partial charge in [-0.15, -0.1) is 6.58 Å². The summed E-state index contributed by atoms with van der Waals surface area (Å²) < 4.78 is 2.29. The third-order valence-electron chi connectivity index (χ3n) is 5.17. The average molecular weight is 400 g/mol. The highest BCUT2D eigenvalue weighted by atomic mass is 16.1. The largest absolute Gasteiger partial charge is 0.355 e. The van der Waals surface area contributed by atoms with Crippen LogP contribution < -0.4 is 16.8 Å². The molecule has 1 aromatic heterocycles. The van der Waals surface area contributed by atoms with Gasteiger partial charge in [-0.3, -0.25) is 9.69 Å². The Kier molecular flexibility index (Phi) is 10.5. The summed E-state index contributed by atoms with van der Waals surface area (Å²) in [6, 6.07) is 8.34. The average Bonchev–Trinajstić information content (AvgIpc) is 3.06. The van der Waals surface area contributed by atoms with E-state index in [4.69, 9.17) is 11.5 Å². The Labute approximate surface area is 174 Å². The molecule has 0 saturated carbocycles. The quantitative estimate of drug-likeness (QED) is 0.317. The van der Waals surface area contributed by atoms with E-state index in [1.165, 1.54) is 23.7 Å². The lowest BCUT2D eigenvalue weighted by Crippen LogP contribution is -2.40. The van der Waals surface area contributed by atoms with E-state index in [1.807, 2.05) is 12.1 Å². The van der Waals surface area contributed by atoms with Crippen molar-refractivity contribution in [2.45, 2.75) is 38.6 Å². The molecule has 0 aliphatic rings. The summed E-state index contributed by atoms with van der Waals surface area (Å²) >= 11 is 0. The lowest BCUT2D eigenvalue weighted by atomic mass is 10.1. The number of nitrogens with one attached hydrogen (secondary N) is 1. The predicted octanol–water partition coefficient (Wildman–Crippen LogP) is 2.27. The number of carbonyl (C=O) groups excluding carboxylic acids is 1. The number of hydrogen-bond donors (Lipinski definition) is 3. The van der Waals surface area contributed by atoms with Crippen LogP contribution in [0.15, 0.2) is 43.1 Å². The molecule has 2 aromatic rings. The molecule has 5 N–H and O–H groups in total. The van der Waals surface area contributed by atoms with Crippen molar-refractivity contribution < 1.29 is 4.79 Å². The second kappa shape index (κ2) is 13.1. The van der Waals surface area contributed by atoms with Crippen LogP contribution in [0, 0.1) is 0 Å². The van der Waals surface area contributed by atoms with E-state index >= 15 is 0 Å². The Balaban J connectivity index is 1.91. The molecule has 0 aliphatic carbocycles. The van der Waals surface area contributed by atoms with Crippen molar-refractivity contribution in [2.24, 2.45) is 11.5 Å². The van der Waals surface area contributed by atoms with E-state index < -0.39 is 0 Å². The van der Waals surface area contributed by atoms with E-state index in [0.717, 1.165) is 44.6 Å². The summed E-state index contributed by atoms with van der Waals surface area (Å²) in [6.45, 7) is 8.94. The van der Waals surface area contributed by atoms with E-state index in [2.05, 4.69) is 45.8 Å². The first kappa shape index (κ1) is 23.1. The van der Waals surface area contributed by atoms with Gasteiger partial charge >= 0.3 is 0 Å². The van der Waals surface area contributed by atoms with Crippen LogP contribution in [0.4, 0.5) is 0 Å². The third-order valence-corrected chi connectivity index (χ3v) is 5.17. The van der Waals surface area contributed by atoms with E-state index in [1.54, 1.807) is 0 Å². The van der Waals surface area contributed by atoms with Gasteiger partial charge in [-0.05, 0) is 30.9 Å².